The monoisotopic (exact) mass is 262 g/mol. The molecule has 0 aliphatic carbocycles. The summed E-state index contributed by atoms with van der Waals surface area (Å²) in [6, 6.07) is 7.32. The molecule has 0 aromatic heterocycles. The Bertz CT molecular complexity index is 413. The minimum absolute atomic E-state index is 0.117. The Morgan fingerprint density at radius 2 is 2.11 bits per heavy atom. The zero-order chi connectivity index (χ0) is 14.1. The molecule has 0 saturated carbocycles. The number of nitrogens with one attached hydrogen (secondary N) is 1. The molecule has 1 unspecified atom stereocenters. The molecule has 0 aliphatic rings. The van der Waals surface area contributed by atoms with Gasteiger partial charge in [0.15, 0.2) is 0 Å². The van der Waals surface area contributed by atoms with Crippen molar-refractivity contribution in [3.63, 3.8) is 0 Å². The fourth-order valence-electron chi connectivity index (χ4n) is 1.72. The number of nitrogens with two attached hydrogens (primary N) is 1. The number of aliphatic hydroxyl groups excluding tert-OH is 1. The van der Waals surface area contributed by atoms with Gasteiger partial charge < -0.3 is 16.2 Å². The second kappa shape index (κ2) is 8.32. The van der Waals surface area contributed by atoms with Crippen LogP contribution in [0.2, 0.25) is 0 Å². The standard InChI is InChI=1S/C15H22N2O2/c1-2-12(9-10-18)11-17-15(19)8-5-13-3-6-14(16)7-4-13/h3-8,12,18H,2,9-11,16H2,1H3,(H,17,19)/b8-5+. The van der Waals surface area contributed by atoms with Crippen molar-refractivity contribution >= 4 is 17.7 Å². The van der Waals surface area contributed by atoms with Crippen LogP contribution in [0.5, 0.6) is 0 Å². The Balaban J connectivity index is 2.40. The van der Waals surface area contributed by atoms with Crippen LogP contribution in [-0.4, -0.2) is 24.2 Å². The zero-order valence-electron chi connectivity index (χ0n) is 11.3. The highest BCUT2D eigenvalue weighted by atomic mass is 16.3. The van der Waals surface area contributed by atoms with Crippen LogP contribution in [-0.2, 0) is 4.79 Å². The van der Waals surface area contributed by atoms with Crippen molar-refractivity contribution in [2.45, 2.75) is 19.8 Å². The number of rotatable bonds is 7. The fraction of sp³-hybridized carbons (Fsp3) is 0.400. The number of hydrogen-bond acceptors (Lipinski definition) is 3. The third-order valence-corrected chi connectivity index (χ3v) is 3.04. The van der Waals surface area contributed by atoms with E-state index in [1.807, 2.05) is 12.1 Å². The van der Waals surface area contributed by atoms with E-state index in [4.69, 9.17) is 10.8 Å². The molecule has 1 atom stereocenters. The van der Waals surface area contributed by atoms with Crippen molar-refractivity contribution in [1.29, 1.82) is 0 Å². The molecule has 1 rings (SSSR count). The van der Waals surface area contributed by atoms with Crippen LogP contribution in [0.1, 0.15) is 25.3 Å². The average Bonchev–Trinajstić information content (AvgIpc) is 2.42. The molecule has 1 aromatic carbocycles. The molecule has 0 aliphatic heterocycles. The summed E-state index contributed by atoms with van der Waals surface area (Å²) in [7, 11) is 0. The molecule has 4 nitrogen and oxygen atoms in total. The van der Waals surface area contributed by atoms with Crippen LogP contribution >= 0.6 is 0 Å². The van der Waals surface area contributed by atoms with Crippen molar-refractivity contribution in [2.24, 2.45) is 5.92 Å². The van der Waals surface area contributed by atoms with E-state index in [1.54, 1.807) is 18.2 Å². The highest BCUT2D eigenvalue weighted by molar-refractivity contribution is 5.91. The molecule has 0 bridgehead atoms. The van der Waals surface area contributed by atoms with Gasteiger partial charge >= 0.3 is 0 Å². The van der Waals surface area contributed by atoms with E-state index in [0.29, 0.717) is 18.2 Å². The third kappa shape index (κ3) is 6.06. The van der Waals surface area contributed by atoms with Gasteiger partial charge in [-0.3, -0.25) is 4.79 Å². The lowest BCUT2D eigenvalue weighted by molar-refractivity contribution is -0.116. The number of nitrogen functional groups attached to an aromatic ring is 1. The van der Waals surface area contributed by atoms with Gasteiger partial charge in [0.05, 0.1) is 0 Å². The maximum absolute atomic E-state index is 11.6. The van der Waals surface area contributed by atoms with Crippen molar-refractivity contribution in [3.8, 4) is 0 Å². The molecule has 104 valence electrons. The number of hydrogen-bond donors (Lipinski definition) is 3. The number of anilines is 1. The summed E-state index contributed by atoms with van der Waals surface area (Å²) in [6.07, 6.45) is 4.93. The molecule has 0 radical (unpaired) electrons. The summed E-state index contributed by atoms with van der Waals surface area (Å²) in [5, 5.41) is 11.7. The first-order chi connectivity index (χ1) is 9.15. The summed E-state index contributed by atoms with van der Waals surface area (Å²) in [5.41, 5.74) is 7.23. The molecule has 4 N–H and O–H groups in total. The molecule has 1 amide bonds. The van der Waals surface area contributed by atoms with Crippen LogP contribution in [0.4, 0.5) is 5.69 Å². The maximum Gasteiger partial charge on any atom is 0.244 e. The van der Waals surface area contributed by atoms with Gasteiger partial charge in [0.25, 0.3) is 0 Å². The van der Waals surface area contributed by atoms with Crippen molar-refractivity contribution in [1.82, 2.24) is 5.32 Å². The number of benzene rings is 1. The van der Waals surface area contributed by atoms with Crippen LogP contribution in [0.3, 0.4) is 0 Å². The summed E-state index contributed by atoms with van der Waals surface area (Å²) >= 11 is 0. The first-order valence-electron chi connectivity index (χ1n) is 6.58. The third-order valence-electron chi connectivity index (χ3n) is 3.04. The first kappa shape index (κ1) is 15.2. The molecule has 0 heterocycles. The van der Waals surface area contributed by atoms with E-state index in [0.717, 1.165) is 18.4 Å². The molecule has 0 saturated heterocycles. The Hall–Kier alpha value is -1.81. The largest absolute Gasteiger partial charge is 0.399 e. The van der Waals surface area contributed by atoms with Gasteiger partial charge in [0, 0.05) is 24.9 Å². The summed E-state index contributed by atoms with van der Waals surface area (Å²) < 4.78 is 0. The summed E-state index contributed by atoms with van der Waals surface area (Å²) in [4.78, 5) is 11.6. The average molecular weight is 262 g/mol. The molecule has 0 spiro atoms. The molecule has 19 heavy (non-hydrogen) atoms. The van der Waals surface area contributed by atoms with Crippen molar-refractivity contribution in [2.75, 3.05) is 18.9 Å². The minimum atomic E-state index is -0.117. The van der Waals surface area contributed by atoms with E-state index in [-0.39, 0.29) is 12.5 Å². The Morgan fingerprint density at radius 1 is 1.42 bits per heavy atom. The van der Waals surface area contributed by atoms with Crippen LogP contribution in [0.25, 0.3) is 6.08 Å². The van der Waals surface area contributed by atoms with E-state index in [2.05, 4.69) is 12.2 Å². The van der Waals surface area contributed by atoms with E-state index in [1.165, 1.54) is 6.08 Å². The Labute approximate surface area is 114 Å². The smallest absolute Gasteiger partial charge is 0.244 e. The van der Waals surface area contributed by atoms with E-state index < -0.39 is 0 Å². The van der Waals surface area contributed by atoms with Gasteiger partial charge in [0.2, 0.25) is 5.91 Å². The predicted molar refractivity (Wildman–Crippen MR) is 78.4 cm³/mol. The Kier molecular flexibility index (Phi) is 6.68. The van der Waals surface area contributed by atoms with E-state index >= 15 is 0 Å². The number of amides is 1. The topological polar surface area (TPSA) is 75.3 Å². The summed E-state index contributed by atoms with van der Waals surface area (Å²) in [5.74, 6) is 0.215. The quantitative estimate of drug-likeness (QED) is 0.518. The fourth-order valence-corrected chi connectivity index (χ4v) is 1.72. The van der Waals surface area contributed by atoms with Crippen LogP contribution in [0, 0.1) is 5.92 Å². The molecule has 1 aromatic rings. The van der Waals surface area contributed by atoms with Gasteiger partial charge in [-0.05, 0) is 36.1 Å². The van der Waals surface area contributed by atoms with Gasteiger partial charge in [-0.15, -0.1) is 0 Å². The van der Waals surface area contributed by atoms with Crippen LogP contribution in [0.15, 0.2) is 30.3 Å². The van der Waals surface area contributed by atoms with Gasteiger partial charge in [-0.2, -0.15) is 0 Å². The van der Waals surface area contributed by atoms with Gasteiger partial charge in [0.1, 0.15) is 0 Å². The predicted octanol–water partition coefficient (Wildman–Crippen LogP) is 1.81. The number of aliphatic hydroxyl groups is 1. The molecule has 0 fully saturated rings. The lowest BCUT2D eigenvalue weighted by Gasteiger charge is -2.13. The first-order valence-corrected chi connectivity index (χ1v) is 6.58. The molecule has 4 heteroatoms. The zero-order valence-corrected chi connectivity index (χ0v) is 11.3. The highest BCUT2D eigenvalue weighted by Gasteiger charge is 2.06. The van der Waals surface area contributed by atoms with Gasteiger partial charge in [-0.25, -0.2) is 0 Å². The second-order valence-corrected chi connectivity index (χ2v) is 4.53. The number of carbonyl (C=O) groups excluding carboxylic acids is 1. The van der Waals surface area contributed by atoms with Crippen LogP contribution < -0.4 is 11.1 Å². The minimum Gasteiger partial charge on any atom is -0.399 e. The normalized spacial score (nSPS) is 12.5. The maximum atomic E-state index is 11.6. The highest BCUT2D eigenvalue weighted by Crippen LogP contribution is 2.07. The lowest BCUT2D eigenvalue weighted by atomic mass is 10.0. The van der Waals surface area contributed by atoms with Gasteiger partial charge in [-0.1, -0.05) is 25.5 Å². The number of carbonyl (C=O) groups is 1. The lowest BCUT2D eigenvalue weighted by Crippen LogP contribution is -2.28. The SMILES string of the molecule is CCC(CCO)CNC(=O)/C=C/c1ccc(N)cc1. The van der Waals surface area contributed by atoms with E-state index in [9.17, 15) is 4.79 Å². The Morgan fingerprint density at radius 3 is 2.68 bits per heavy atom. The molecular weight excluding hydrogens is 240 g/mol. The second-order valence-electron chi connectivity index (χ2n) is 4.53. The molecular formula is C15H22N2O2. The van der Waals surface area contributed by atoms with Crippen molar-refractivity contribution < 1.29 is 9.90 Å². The van der Waals surface area contributed by atoms with Crippen molar-refractivity contribution in [3.05, 3.63) is 35.9 Å². The summed E-state index contributed by atoms with van der Waals surface area (Å²) in [6.45, 7) is 2.81.